The fourth-order valence-electron chi connectivity index (χ4n) is 2.37. The van der Waals surface area contributed by atoms with Crippen molar-refractivity contribution in [2.45, 2.75) is 27.2 Å². The van der Waals surface area contributed by atoms with Crippen molar-refractivity contribution in [1.29, 1.82) is 0 Å². The van der Waals surface area contributed by atoms with Gasteiger partial charge >= 0.3 is 0 Å². The molecular weight excluding hydrogens is 405 g/mol. The highest BCUT2D eigenvalue weighted by molar-refractivity contribution is 14.0. The van der Waals surface area contributed by atoms with Crippen molar-refractivity contribution >= 4 is 29.9 Å². The molecule has 0 fully saturated rings. The van der Waals surface area contributed by atoms with Gasteiger partial charge in [0.05, 0.1) is 14.2 Å². The predicted molar refractivity (Wildman–Crippen MR) is 107 cm³/mol. The van der Waals surface area contributed by atoms with Crippen molar-refractivity contribution in [1.82, 2.24) is 4.90 Å². The highest BCUT2D eigenvalue weighted by Crippen LogP contribution is 2.28. The van der Waals surface area contributed by atoms with E-state index in [9.17, 15) is 0 Å². The van der Waals surface area contributed by atoms with Gasteiger partial charge in [-0.05, 0) is 43.9 Å². The summed E-state index contributed by atoms with van der Waals surface area (Å²) in [6.45, 7) is 8.83. The summed E-state index contributed by atoms with van der Waals surface area (Å²) in [5.74, 6) is 2.55. The minimum absolute atomic E-state index is 0. The van der Waals surface area contributed by atoms with E-state index in [0.717, 1.165) is 37.6 Å². The van der Waals surface area contributed by atoms with E-state index in [4.69, 9.17) is 15.2 Å². The molecule has 1 rings (SSSR count). The van der Waals surface area contributed by atoms with Crippen LogP contribution < -0.4 is 15.2 Å². The van der Waals surface area contributed by atoms with Gasteiger partial charge in [0.25, 0.3) is 0 Å². The zero-order valence-electron chi connectivity index (χ0n) is 14.8. The molecule has 0 aliphatic carbocycles. The molecule has 0 amide bonds. The quantitative estimate of drug-likeness (QED) is 0.387. The number of rotatable bonds is 8. The molecule has 0 bridgehead atoms. The maximum atomic E-state index is 6.00. The van der Waals surface area contributed by atoms with Crippen LogP contribution in [0.1, 0.15) is 26.3 Å². The standard InChI is InChI=1S/C17H29N3O2.HI/c1-6-20(7-2)17(18)19-12-13(3)10-14-8-9-15(21-4)16(11-14)22-5;/h8-9,11,13H,6-7,10,12H2,1-5H3,(H2,18,19);1H. The second kappa shape index (κ2) is 11.4. The van der Waals surface area contributed by atoms with Crippen molar-refractivity contribution in [2.24, 2.45) is 16.6 Å². The van der Waals surface area contributed by atoms with Crippen LogP contribution in [0, 0.1) is 5.92 Å². The SMILES string of the molecule is CCN(CC)C(N)=NCC(C)Cc1ccc(OC)c(OC)c1.I. The van der Waals surface area contributed by atoms with Crippen LogP contribution in [0.25, 0.3) is 0 Å². The predicted octanol–water partition coefficient (Wildman–Crippen LogP) is 3.16. The Labute approximate surface area is 157 Å². The number of hydrogen-bond donors (Lipinski definition) is 1. The second-order valence-electron chi connectivity index (χ2n) is 5.37. The van der Waals surface area contributed by atoms with Gasteiger partial charge in [-0.1, -0.05) is 13.0 Å². The zero-order valence-corrected chi connectivity index (χ0v) is 17.2. The summed E-state index contributed by atoms with van der Waals surface area (Å²) >= 11 is 0. The van der Waals surface area contributed by atoms with Crippen LogP contribution in [0.5, 0.6) is 11.5 Å². The number of halogens is 1. The highest BCUT2D eigenvalue weighted by atomic mass is 127. The molecule has 0 spiro atoms. The summed E-state index contributed by atoms with van der Waals surface area (Å²) < 4.78 is 10.6. The van der Waals surface area contributed by atoms with E-state index in [0.29, 0.717) is 11.9 Å². The van der Waals surface area contributed by atoms with Crippen molar-refractivity contribution in [3.05, 3.63) is 23.8 Å². The van der Waals surface area contributed by atoms with E-state index in [1.54, 1.807) is 14.2 Å². The van der Waals surface area contributed by atoms with E-state index in [1.807, 2.05) is 12.1 Å². The molecule has 0 saturated heterocycles. The zero-order chi connectivity index (χ0) is 16.5. The molecule has 0 aliphatic heterocycles. The van der Waals surface area contributed by atoms with Crippen molar-refractivity contribution < 1.29 is 9.47 Å². The van der Waals surface area contributed by atoms with Gasteiger partial charge in [0.15, 0.2) is 17.5 Å². The minimum atomic E-state index is 0. The molecule has 0 saturated carbocycles. The Kier molecular flexibility index (Phi) is 10.8. The van der Waals surface area contributed by atoms with Crippen LogP contribution in [-0.2, 0) is 6.42 Å². The molecule has 1 aromatic carbocycles. The van der Waals surface area contributed by atoms with E-state index in [-0.39, 0.29) is 24.0 Å². The fourth-order valence-corrected chi connectivity index (χ4v) is 2.37. The monoisotopic (exact) mass is 435 g/mol. The van der Waals surface area contributed by atoms with Gasteiger partial charge < -0.3 is 20.1 Å². The first-order valence-electron chi connectivity index (χ1n) is 7.81. The van der Waals surface area contributed by atoms with Gasteiger partial charge in [0, 0.05) is 19.6 Å². The topological polar surface area (TPSA) is 60.1 Å². The van der Waals surface area contributed by atoms with Crippen molar-refractivity contribution in [3.8, 4) is 11.5 Å². The van der Waals surface area contributed by atoms with Crippen LogP contribution in [0.2, 0.25) is 0 Å². The summed E-state index contributed by atoms with van der Waals surface area (Å²) in [7, 11) is 3.30. The number of guanidine groups is 1. The first-order chi connectivity index (χ1) is 10.5. The summed E-state index contributed by atoms with van der Waals surface area (Å²) in [5, 5.41) is 0. The molecule has 0 aliphatic rings. The summed E-state index contributed by atoms with van der Waals surface area (Å²) in [6.07, 6.45) is 0.926. The highest BCUT2D eigenvalue weighted by Gasteiger charge is 2.09. The number of benzene rings is 1. The van der Waals surface area contributed by atoms with Crippen molar-refractivity contribution in [2.75, 3.05) is 33.9 Å². The molecule has 23 heavy (non-hydrogen) atoms. The largest absolute Gasteiger partial charge is 0.493 e. The van der Waals surface area contributed by atoms with E-state index in [1.165, 1.54) is 5.56 Å². The number of methoxy groups -OCH3 is 2. The van der Waals surface area contributed by atoms with Gasteiger partial charge in [0.1, 0.15) is 0 Å². The molecule has 132 valence electrons. The summed E-state index contributed by atoms with van der Waals surface area (Å²) in [6, 6.07) is 6.02. The smallest absolute Gasteiger partial charge is 0.191 e. The maximum Gasteiger partial charge on any atom is 0.191 e. The molecule has 2 N–H and O–H groups in total. The number of hydrogen-bond acceptors (Lipinski definition) is 3. The molecule has 1 unspecified atom stereocenters. The van der Waals surface area contributed by atoms with E-state index < -0.39 is 0 Å². The Hall–Kier alpha value is -1.18. The number of aliphatic imine (C=N–C) groups is 1. The Morgan fingerprint density at radius 3 is 2.30 bits per heavy atom. The van der Waals surface area contributed by atoms with Gasteiger partial charge in [0.2, 0.25) is 0 Å². The number of nitrogens with two attached hydrogens (primary N) is 1. The lowest BCUT2D eigenvalue weighted by molar-refractivity contribution is 0.354. The molecule has 1 atom stereocenters. The third-order valence-electron chi connectivity index (χ3n) is 3.68. The summed E-state index contributed by atoms with van der Waals surface area (Å²) in [5.41, 5.74) is 7.21. The van der Waals surface area contributed by atoms with Crippen molar-refractivity contribution in [3.63, 3.8) is 0 Å². The van der Waals surface area contributed by atoms with E-state index in [2.05, 4.69) is 36.7 Å². The lowest BCUT2D eigenvalue weighted by atomic mass is 10.0. The average Bonchev–Trinajstić information content (AvgIpc) is 2.53. The van der Waals surface area contributed by atoms with Gasteiger partial charge in [-0.25, -0.2) is 0 Å². The molecule has 1 aromatic rings. The lowest BCUT2D eigenvalue weighted by Crippen LogP contribution is -2.37. The molecule has 0 heterocycles. The third kappa shape index (κ3) is 6.85. The lowest BCUT2D eigenvalue weighted by Gasteiger charge is -2.20. The average molecular weight is 435 g/mol. The van der Waals surface area contributed by atoms with Crippen LogP contribution in [0.3, 0.4) is 0 Å². The van der Waals surface area contributed by atoms with E-state index >= 15 is 0 Å². The van der Waals surface area contributed by atoms with Gasteiger partial charge in [-0.3, -0.25) is 4.99 Å². The van der Waals surface area contributed by atoms with Crippen LogP contribution >= 0.6 is 24.0 Å². The molecule has 5 nitrogen and oxygen atoms in total. The number of ether oxygens (including phenoxy) is 2. The van der Waals surface area contributed by atoms with Crippen LogP contribution in [-0.4, -0.2) is 44.7 Å². The Bertz CT molecular complexity index is 491. The Morgan fingerprint density at radius 1 is 1.17 bits per heavy atom. The molecular formula is C17H30IN3O2. The third-order valence-corrected chi connectivity index (χ3v) is 3.68. The number of nitrogens with zero attached hydrogens (tertiary/aromatic N) is 2. The second-order valence-corrected chi connectivity index (χ2v) is 5.37. The Balaban J connectivity index is 0.00000484. The molecule has 6 heteroatoms. The normalized spacial score (nSPS) is 12.3. The molecule has 0 aromatic heterocycles. The summed E-state index contributed by atoms with van der Waals surface area (Å²) in [4.78, 5) is 6.56. The van der Waals surface area contributed by atoms with Crippen LogP contribution in [0.15, 0.2) is 23.2 Å². The first kappa shape index (κ1) is 21.8. The van der Waals surface area contributed by atoms with Gasteiger partial charge in [-0.2, -0.15) is 0 Å². The first-order valence-corrected chi connectivity index (χ1v) is 7.81. The fraction of sp³-hybridized carbons (Fsp3) is 0.588. The maximum absolute atomic E-state index is 6.00. The van der Waals surface area contributed by atoms with Gasteiger partial charge in [-0.15, -0.1) is 24.0 Å². The Morgan fingerprint density at radius 2 is 1.78 bits per heavy atom. The van der Waals surface area contributed by atoms with Crippen LogP contribution in [0.4, 0.5) is 0 Å². The minimum Gasteiger partial charge on any atom is -0.493 e. The molecule has 0 radical (unpaired) electrons.